The van der Waals surface area contributed by atoms with Crippen LogP contribution >= 0.6 is 0 Å². The fourth-order valence-corrected chi connectivity index (χ4v) is 3.13. The van der Waals surface area contributed by atoms with Crippen LogP contribution in [-0.2, 0) is 11.2 Å². The van der Waals surface area contributed by atoms with E-state index >= 15 is 0 Å². The van der Waals surface area contributed by atoms with Crippen molar-refractivity contribution in [3.63, 3.8) is 0 Å². The van der Waals surface area contributed by atoms with Crippen molar-refractivity contribution in [1.82, 2.24) is 15.1 Å². The highest BCUT2D eigenvalue weighted by molar-refractivity contribution is 5.78. The normalized spacial score (nSPS) is 17.1. The average molecular weight is 298 g/mol. The molecule has 116 valence electrons. The van der Waals surface area contributed by atoms with Crippen LogP contribution in [0.2, 0.25) is 0 Å². The lowest BCUT2D eigenvalue weighted by molar-refractivity contribution is -0.120. The number of aromatic nitrogens is 2. The smallest absolute Gasteiger partial charge is 0.234 e. The third-order valence-electron chi connectivity index (χ3n) is 4.51. The van der Waals surface area contributed by atoms with Gasteiger partial charge in [-0.2, -0.15) is 5.10 Å². The molecule has 1 unspecified atom stereocenters. The highest BCUT2D eigenvalue weighted by Crippen LogP contribution is 2.31. The molecule has 3 N–H and O–H groups in total. The summed E-state index contributed by atoms with van der Waals surface area (Å²) in [4.78, 5) is 11.6. The molecule has 5 heteroatoms. The van der Waals surface area contributed by atoms with Crippen LogP contribution in [-0.4, -0.2) is 22.2 Å². The Kier molecular flexibility index (Phi) is 3.98. The number of fused-ring (bicyclic) bond motifs is 1. The van der Waals surface area contributed by atoms with Crippen LogP contribution in [0.3, 0.4) is 0 Å². The number of carbonyl (C=O) groups excluding carboxylic acids is 1. The summed E-state index contributed by atoms with van der Waals surface area (Å²) in [6, 6.07) is 6.29. The molecule has 1 heterocycles. The maximum absolute atomic E-state index is 11.6. The predicted molar refractivity (Wildman–Crippen MR) is 85.9 cm³/mol. The SMILES string of the molecule is Cc1cccc(-n2ncc3c2CCCC3NC(=O)CN)c1C. The monoisotopic (exact) mass is 298 g/mol. The molecule has 0 radical (unpaired) electrons. The molecule has 5 nitrogen and oxygen atoms in total. The minimum atomic E-state index is -0.114. The first-order chi connectivity index (χ1) is 10.6. The molecule has 2 aromatic rings. The lowest BCUT2D eigenvalue weighted by Crippen LogP contribution is -2.35. The molecule has 0 aliphatic heterocycles. The van der Waals surface area contributed by atoms with Gasteiger partial charge in [-0.15, -0.1) is 0 Å². The molecule has 1 aromatic heterocycles. The molecule has 0 bridgehead atoms. The van der Waals surface area contributed by atoms with Gasteiger partial charge < -0.3 is 11.1 Å². The molecule has 1 atom stereocenters. The van der Waals surface area contributed by atoms with Gasteiger partial charge in [0.05, 0.1) is 24.5 Å². The van der Waals surface area contributed by atoms with Gasteiger partial charge in [0.15, 0.2) is 0 Å². The highest BCUT2D eigenvalue weighted by atomic mass is 16.1. The molecule has 1 amide bonds. The fourth-order valence-electron chi connectivity index (χ4n) is 3.13. The lowest BCUT2D eigenvalue weighted by Gasteiger charge is -2.24. The number of nitrogens with zero attached hydrogens (tertiary/aromatic N) is 2. The quantitative estimate of drug-likeness (QED) is 0.909. The Morgan fingerprint density at radius 1 is 1.45 bits per heavy atom. The molecule has 22 heavy (non-hydrogen) atoms. The van der Waals surface area contributed by atoms with Gasteiger partial charge in [-0.1, -0.05) is 12.1 Å². The van der Waals surface area contributed by atoms with Gasteiger partial charge >= 0.3 is 0 Å². The Morgan fingerprint density at radius 2 is 2.27 bits per heavy atom. The van der Waals surface area contributed by atoms with E-state index in [2.05, 4.69) is 42.5 Å². The zero-order chi connectivity index (χ0) is 15.7. The van der Waals surface area contributed by atoms with E-state index < -0.39 is 0 Å². The van der Waals surface area contributed by atoms with Crippen molar-refractivity contribution in [2.75, 3.05) is 6.54 Å². The molecule has 3 rings (SSSR count). The largest absolute Gasteiger partial charge is 0.348 e. The lowest BCUT2D eigenvalue weighted by atomic mass is 9.92. The van der Waals surface area contributed by atoms with E-state index in [4.69, 9.17) is 5.73 Å². The third-order valence-corrected chi connectivity index (χ3v) is 4.51. The van der Waals surface area contributed by atoms with Crippen molar-refractivity contribution in [1.29, 1.82) is 0 Å². The van der Waals surface area contributed by atoms with Crippen molar-refractivity contribution < 1.29 is 4.79 Å². The zero-order valence-electron chi connectivity index (χ0n) is 13.1. The first-order valence-corrected chi connectivity index (χ1v) is 7.74. The van der Waals surface area contributed by atoms with Crippen molar-refractivity contribution in [3.05, 3.63) is 46.8 Å². The summed E-state index contributed by atoms with van der Waals surface area (Å²) in [5, 5.41) is 7.59. The Morgan fingerprint density at radius 3 is 3.05 bits per heavy atom. The van der Waals surface area contributed by atoms with Crippen LogP contribution in [0.25, 0.3) is 5.69 Å². The molecular weight excluding hydrogens is 276 g/mol. The van der Waals surface area contributed by atoms with Crippen molar-refractivity contribution in [2.45, 2.75) is 39.2 Å². The van der Waals surface area contributed by atoms with Crippen molar-refractivity contribution in [2.24, 2.45) is 5.73 Å². The summed E-state index contributed by atoms with van der Waals surface area (Å²) >= 11 is 0. The second-order valence-electron chi connectivity index (χ2n) is 5.89. The first-order valence-electron chi connectivity index (χ1n) is 7.74. The third kappa shape index (κ3) is 2.52. The van der Waals surface area contributed by atoms with Crippen LogP contribution in [0.4, 0.5) is 0 Å². The molecule has 1 aromatic carbocycles. The van der Waals surface area contributed by atoms with Gasteiger partial charge in [0, 0.05) is 11.3 Å². The second kappa shape index (κ2) is 5.93. The summed E-state index contributed by atoms with van der Waals surface area (Å²) in [6.45, 7) is 4.26. The maximum Gasteiger partial charge on any atom is 0.234 e. The van der Waals surface area contributed by atoms with Gasteiger partial charge in [-0.3, -0.25) is 4.79 Å². The standard InChI is InChI=1S/C17H22N4O/c1-11-5-3-7-15(12(11)2)21-16-8-4-6-14(13(16)10-19-21)20-17(22)9-18/h3,5,7,10,14H,4,6,8-9,18H2,1-2H3,(H,20,22). The minimum Gasteiger partial charge on any atom is -0.348 e. The molecule has 0 spiro atoms. The number of nitrogens with two attached hydrogens (primary N) is 1. The van der Waals surface area contributed by atoms with E-state index in [0.29, 0.717) is 0 Å². The van der Waals surface area contributed by atoms with Crippen LogP contribution < -0.4 is 11.1 Å². The Labute approximate surface area is 130 Å². The fraction of sp³-hybridized carbons (Fsp3) is 0.412. The Bertz CT molecular complexity index is 705. The van der Waals surface area contributed by atoms with Gasteiger partial charge in [0.1, 0.15) is 0 Å². The number of hydrogen-bond acceptors (Lipinski definition) is 3. The molecule has 0 fully saturated rings. The first kappa shape index (κ1) is 14.8. The Balaban J connectivity index is 2.00. The summed E-state index contributed by atoms with van der Waals surface area (Å²) < 4.78 is 2.03. The van der Waals surface area contributed by atoms with Crippen molar-refractivity contribution >= 4 is 5.91 Å². The summed E-state index contributed by atoms with van der Waals surface area (Å²) in [5.41, 5.74) is 11.3. The minimum absolute atomic E-state index is 0.0248. The average Bonchev–Trinajstić information content (AvgIpc) is 2.95. The van der Waals surface area contributed by atoms with E-state index in [9.17, 15) is 4.79 Å². The van der Waals surface area contributed by atoms with Crippen LogP contribution in [0.1, 0.15) is 41.3 Å². The molecule has 1 aliphatic rings. The molecular formula is C17H22N4O. The zero-order valence-corrected chi connectivity index (χ0v) is 13.1. The number of hydrogen-bond donors (Lipinski definition) is 2. The molecule has 1 aliphatic carbocycles. The number of amides is 1. The van der Waals surface area contributed by atoms with E-state index in [0.717, 1.165) is 30.5 Å². The van der Waals surface area contributed by atoms with Gasteiger partial charge in [-0.25, -0.2) is 4.68 Å². The molecule has 0 saturated heterocycles. The van der Waals surface area contributed by atoms with Gasteiger partial charge in [0.25, 0.3) is 0 Å². The van der Waals surface area contributed by atoms with Crippen molar-refractivity contribution in [3.8, 4) is 5.69 Å². The number of benzene rings is 1. The summed E-state index contributed by atoms with van der Waals surface area (Å²) in [5.74, 6) is -0.114. The van der Waals surface area contributed by atoms with E-state index in [-0.39, 0.29) is 18.5 Å². The van der Waals surface area contributed by atoms with E-state index in [1.54, 1.807) is 0 Å². The van der Waals surface area contributed by atoms with E-state index in [1.807, 2.05) is 10.9 Å². The highest BCUT2D eigenvalue weighted by Gasteiger charge is 2.26. The second-order valence-corrected chi connectivity index (χ2v) is 5.89. The predicted octanol–water partition coefficient (Wildman–Crippen LogP) is 1.94. The Hall–Kier alpha value is -2.14. The number of nitrogens with one attached hydrogen (secondary N) is 1. The van der Waals surface area contributed by atoms with E-state index in [1.165, 1.54) is 16.8 Å². The van der Waals surface area contributed by atoms with Gasteiger partial charge in [-0.05, 0) is 50.3 Å². The molecule has 0 saturated carbocycles. The number of rotatable bonds is 3. The van der Waals surface area contributed by atoms with Crippen LogP contribution in [0.5, 0.6) is 0 Å². The van der Waals surface area contributed by atoms with Crippen LogP contribution in [0, 0.1) is 13.8 Å². The number of carbonyl (C=O) groups is 1. The number of aryl methyl sites for hydroxylation is 1. The maximum atomic E-state index is 11.6. The van der Waals surface area contributed by atoms with Crippen LogP contribution in [0.15, 0.2) is 24.4 Å². The summed E-state index contributed by atoms with van der Waals surface area (Å²) in [7, 11) is 0. The van der Waals surface area contributed by atoms with Gasteiger partial charge in [0.2, 0.25) is 5.91 Å². The summed E-state index contributed by atoms with van der Waals surface area (Å²) in [6.07, 6.45) is 4.85. The topological polar surface area (TPSA) is 72.9 Å².